The number of carbonyl (C=O) groups is 3. The number of rotatable bonds is 7. The van der Waals surface area contributed by atoms with Crippen molar-refractivity contribution in [3.05, 3.63) is 118 Å². The van der Waals surface area contributed by atoms with Gasteiger partial charge in [0.05, 0.1) is 11.1 Å². The summed E-state index contributed by atoms with van der Waals surface area (Å²) in [7, 11) is 0. The van der Waals surface area contributed by atoms with Crippen molar-refractivity contribution in [2.75, 3.05) is 5.32 Å². The smallest absolute Gasteiger partial charge is 0.335 e. The zero-order valence-corrected chi connectivity index (χ0v) is 18.4. The van der Waals surface area contributed by atoms with Crippen LogP contribution in [0.1, 0.15) is 26.3 Å². The van der Waals surface area contributed by atoms with Crippen molar-refractivity contribution >= 4 is 45.5 Å². The third-order valence-corrected chi connectivity index (χ3v) is 5.04. The van der Waals surface area contributed by atoms with Gasteiger partial charge < -0.3 is 15.7 Å². The normalized spacial score (nSPS) is 11.2. The van der Waals surface area contributed by atoms with E-state index in [2.05, 4.69) is 26.6 Å². The Labute approximate surface area is 193 Å². The molecule has 160 valence electrons. The number of carbonyl (C=O) groups excluding carboxylic acids is 2. The summed E-state index contributed by atoms with van der Waals surface area (Å²) >= 11 is 3.34. The van der Waals surface area contributed by atoms with Crippen LogP contribution in [0.5, 0.6) is 0 Å². The van der Waals surface area contributed by atoms with Crippen LogP contribution in [-0.4, -0.2) is 22.9 Å². The summed E-state index contributed by atoms with van der Waals surface area (Å²) in [5.41, 5.74) is 1.84. The van der Waals surface area contributed by atoms with Crippen LogP contribution in [0, 0.1) is 0 Å². The maximum absolute atomic E-state index is 12.9. The lowest BCUT2D eigenvalue weighted by Gasteiger charge is -2.11. The molecule has 3 aromatic rings. The molecule has 0 aromatic heterocycles. The fourth-order valence-corrected chi connectivity index (χ4v) is 3.19. The summed E-state index contributed by atoms with van der Waals surface area (Å²) in [6, 6.07) is 22.1. The van der Waals surface area contributed by atoms with Gasteiger partial charge in [0.2, 0.25) is 0 Å². The molecule has 0 fully saturated rings. The summed E-state index contributed by atoms with van der Waals surface area (Å²) in [5.74, 6) is -2.06. The predicted octanol–water partition coefficient (Wildman–Crippen LogP) is 5.11. The molecule has 0 spiro atoms. The van der Waals surface area contributed by atoms with Crippen LogP contribution in [0.25, 0.3) is 6.08 Å². The molecule has 0 heterocycles. The molecule has 3 N–H and O–H groups in total. The van der Waals surface area contributed by atoms with Gasteiger partial charge in [0, 0.05) is 10.2 Å². The summed E-state index contributed by atoms with van der Waals surface area (Å²) in [5, 5.41) is 14.3. The molecule has 2 amide bonds. The van der Waals surface area contributed by atoms with Crippen LogP contribution in [0.4, 0.5) is 5.69 Å². The molecule has 0 saturated carbocycles. The van der Waals surface area contributed by atoms with Crippen LogP contribution in [0.2, 0.25) is 0 Å². The summed E-state index contributed by atoms with van der Waals surface area (Å²) in [6.07, 6.45) is 4.97. The van der Waals surface area contributed by atoms with E-state index >= 15 is 0 Å². The monoisotopic (exact) mass is 490 g/mol. The highest BCUT2D eigenvalue weighted by atomic mass is 79.9. The molecule has 3 aromatic carbocycles. The van der Waals surface area contributed by atoms with Crippen molar-refractivity contribution in [2.45, 2.75) is 0 Å². The zero-order valence-electron chi connectivity index (χ0n) is 16.8. The Hall–Kier alpha value is -3.97. The Morgan fingerprint density at radius 2 is 1.50 bits per heavy atom. The highest BCUT2D eigenvalue weighted by Gasteiger charge is 2.16. The summed E-state index contributed by atoms with van der Waals surface area (Å²) < 4.78 is 0.598. The summed E-state index contributed by atoms with van der Waals surface area (Å²) in [6.45, 7) is 0. The number of halogens is 1. The third kappa shape index (κ3) is 6.26. The number of anilines is 1. The molecule has 0 aliphatic rings. The molecule has 3 rings (SSSR count). The second kappa shape index (κ2) is 10.9. The van der Waals surface area contributed by atoms with Crippen molar-refractivity contribution in [1.82, 2.24) is 5.32 Å². The van der Waals surface area contributed by atoms with Crippen molar-refractivity contribution in [2.24, 2.45) is 0 Å². The molecule has 7 heteroatoms. The highest BCUT2D eigenvalue weighted by Crippen LogP contribution is 2.16. The number of hydrogen-bond donors (Lipinski definition) is 3. The number of benzene rings is 3. The lowest BCUT2D eigenvalue weighted by molar-refractivity contribution is -0.113. The Kier molecular flexibility index (Phi) is 7.72. The molecule has 6 nitrogen and oxygen atoms in total. The average Bonchev–Trinajstić information content (AvgIpc) is 2.79. The minimum absolute atomic E-state index is 0.0280. The van der Waals surface area contributed by atoms with Gasteiger partial charge in [-0.1, -0.05) is 54.6 Å². The average molecular weight is 491 g/mol. The number of carboxylic acids is 1. The topological polar surface area (TPSA) is 95.5 Å². The Balaban J connectivity index is 1.83. The first-order valence-corrected chi connectivity index (χ1v) is 10.4. The predicted molar refractivity (Wildman–Crippen MR) is 127 cm³/mol. The maximum Gasteiger partial charge on any atom is 0.335 e. The van der Waals surface area contributed by atoms with E-state index in [4.69, 9.17) is 5.11 Å². The second-order valence-electron chi connectivity index (χ2n) is 6.62. The molecule has 0 radical (unpaired) electrons. The van der Waals surface area contributed by atoms with Crippen LogP contribution >= 0.6 is 15.9 Å². The molecular weight excluding hydrogens is 472 g/mol. The minimum Gasteiger partial charge on any atom is -0.478 e. The van der Waals surface area contributed by atoms with Gasteiger partial charge in [0.15, 0.2) is 0 Å². The Morgan fingerprint density at radius 3 is 2.16 bits per heavy atom. The first kappa shape index (κ1) is 22.7. The number of allylic oxidation sites excluding steroid dienone is 2. The van der Waals surface area contributed by atoms with Gasteiger partial charge in [-0.25, -0.2) is 4.79 Å². The van der Waals surface area contributed by atoms with Gasteiger partial charge in [-0.05, 0) is 64.0 Å². The van der Waals surface area contributed by atoms with Crippen LogP contribution in [0.3, 0.4) is 0 Å². The number of carboxylic acid groups (broad SMARTS) is 1. The molecule has 0 aliphatic heterocycles. The van der Waals surface area contributed by atoms with Gasteiger partial charge in [-0.15, -0.1) is 0 Å². The molecule has 0 unspecified atom stereocenters. The number of aromatic carboxylic acids is 1. The van der Waals surface area contributed by atoms with E-state index in [-0.39, 0.29) is 11.3 Å². The molecule has 0 atom stereocenters. The Morgan fingerprint density at radius 1 is 0.844 bits per heavy atom. The van der Waals surface area contributed by atoms with E-state index < -0.39 is 17.8 Å². The van der Waals surface area contributed by atoms with Crippen molar-refractivity contribution in [3.63, 3.8) is 0 Å². The van der Waals surface area contributed by atoms with E-state index in [1.807, 2.05) is 30.3 Å². The van der Waals surface area contributed by atoms with Gasteiger partial charge >= 0.3 is 5.97 Å². The third-order valence-electron chi connectivity index (χ3n) is 4.35. The van der Waals surface area contributed by atoms with Gasteiger partial charge in [-0.3, -0.25) is 9.59 Å². The minimum atomic E-state index is -1.06. The molecule has 32 heavy (non-hydrogen) atoms. The van der Waals surface area contributed by atoms with Crippen LogP contribution in [0.15, 0.2) is 101 Å². The standard InChI is InChI=1S/C25H19BrN2O4/c26-21-11-5-4-10-20(21)23(29)28-22(12-6-9-17-7-2-1-3-8-17)24(30)27-19-15-13-18(14-16-19)25(31)32/h1-16H,(H,27,30)(H,28,29)(H,31,32). The highest BCUT2D eigenvalue weighted by molar-refractivity contribution is 9.10. The molecular formula is C25H19BrN2O4. The van der Waals surface area contributed by atoms with Crippen molar-refractivity contribution in [1.29, 1.82) is 0 Å². The van der Waals surface area contributed by atoms with E-state index in [9.17, 15) is 14.4 Å². The lowest BCUT2D eigenvalue weighted by atomic mass is 10.2. The van der Waals surface area contributed by atoms with Crippen molar-refractivity contribution in [3.8, 4) is 0 Å². The zero-order chi connectivity index (χ0) is 22.9. The van der Waals surface area contributed by atoms with E-state index in [1.54, 1.807) is 36.4 Å². The van der Waals surface area contributed by atoms with Gasteiger partial charge in [0.25, 0.3) is 11.8 Å². The van der Waals surface area contributed by atoms with E-state index in [1.165, 1.54) is 30.3 Å². The SMILES string of the molecule is O=C(Nc1ccc(C(=O)O)cc1)C(=CC=Cc1ccccc1)NC(=O)c1ccccc1Br. The van der Waals surface area contributed by atoms with Crippen LogP contribution < -0.4 is 10.6 Å². The fourth-order valence-electron chi connectivity index (χ4n) is 2.72. The quantitative estimate of drug-likeness (QED) is 0.316. The molecule has 0 aliphatic carbocycles. The van der Waals surface area contributed by atoms with Gasteiger partial charge in [-0.2, -0.15) is 0 Å². The number of hydrogen-bond acceptors (Lipinski definition) is 3. The van der Waals surface area contributed by atoms with Crippen molar-refractivity contribution < 1.29 is 19.5 Å². The molecule has 0 bridgehead atoms. The second-order valence-corrected chi connectivity index (χ2v) is 7.48. The molecule has 0 saturated heterocycles. The maximum atomic E-state index is 12.9. The number of amides is 2. The first-order chi connectivity index (χ1) is 15.4. The fraction of sp³-hybridized carbons (Fsp3) is 0. The largest absolute Gasteiger partial charge is 0.478 e. The first-order valence-electron chi connectivity index (χ1n) is 9.58. The van der Waals surface area contributed by atoms with Gasteiger partial charge in [0.1, 0.15) is 5.70 Å². The van der Waals surface area contributed by atoms with E-state index in [0.29, 0.717) is 15.7 Å². The number of nitrogens with one attached hydrogen (secondary N) is 2. The Bertz CT molecular complexity index is 1190. The summed E-state index contributed by atoms with van der Waals surface area (Å²) in [4.78, 5) is 36.6. The lowest BCUT2D eigenvalue weighted by Crippen LogP contribution is -2.31. The van der Waals surface area contributed by atoms with Crippen LogP contribution in [-0.2, 0) is 4.79 Å². The van der Waals surface area contributed by atoms with E-state index in [0.717, 1.165) is 5.56 Å².